The third-order valence-corrected chi connectivity index (χ3v) is 5.82. The molecule has 1 aliphatic rings. The van der Waals surface area contributed by atoms with Gasteiger partial charge in [0.2, 0.25) is 10.0 Å². The Bertz CT molecular complexity index is 835. The average Bonchev–Trinajstić information content (AvgIpc) is 2.68. The fourth-order valence-corrected chi connectivity index (χ4v) is 4.14. The third-order valence-electron chi connectivity index (χ3n) is 4.47. The molecule has 0 bridgehead atoms. The summed E-state index contributed by atoms with van der Waals surface area (Å²) in [5.74, 6) is 0.793. The van der Waals surface area contributed by atoms with E-state index in [2.05, 4.69) is 24.7 Å². The molecule has 9 heteroatoms. The zero-order valence-corrected chi connectivity index (χ0v) is 16.1. The highest BCUT2D eigenvalue weighted by Gasteiger charge is 2.19. The summed E-state index contributed by atoms with van der Waals surface area (Å²) in [4.78, 5) is 4.29. The number of nitrogens with zero attached hydrogens (tertiary/aromatic N) is 4. The van der Waals surface area contributed by atoms with Crippen LogP contribution in [0.15, 0.2) is 36.4 Å². The first-order chi connectivity index (χ1) is 13.0. The molecule has 1 fully saturated rings. The molecule has 0 amide bonds. The van der Waals surface area contributed by atoms with Crippen LogP contribution in [0.1, 0.15) is 19.8 Å². The Labute approximate surface area is 159 Å². The SMILES string of the molecule is CCCCS(=O)(=O)Nc1ccc(N2CCN(c3ccc(F)cc3)CC2)nn1. The summed E-state index contributed by atoms with van der Waals surface area (Å²) in [7, 11) is -3.37. The number of anilines is 3. The number of nitrogens with one attached hydrogen (secondary N) is 1. The van der Waals surface area contributed by atoms with E-state index in [-0.39, 0.29) is 17.4 Å². The lowest BCUT2D eigenvalue weighted by Crippen LogP contribution is -2.46. The van der Waals surface area contributed by atoms with E-state index in [1.807, 2.05) is 6.92 Å². The smallest absolute Gasteiger partial charge is 0.233 e. The van der Waals surface area contributed by atoms with Crippen LogP contribution in [0.3, 0.4) is 0 Å². The van der Waals surface area contributed by atoms with Crippen molar-refractivity contribution in [2.75, 3.05) is 46.5 Å². The van der Waals surface area contributed by atoms with Crippen molar-refractivity contribution < 1.29 is 12.8 Å². The number of piperazine rings is 1. The van der Waals surface area contributed by atoms with Gasteiger partial charge in [0.25, 0.3) is 0 Å². The molecule has 0 spiro atoms. The van der Waals surface area contributed by atoms with Crippen LogP contribution in [0.2, 0.25) is 0 Å². The van der Waals surface area contributed by atoms with E-state index in [1.54, 1.807) is 24.3 Å². The van der Waals surface area contributed by atoms with Crippen molar-refractivity contribution in [3.05, 3.63) is 42.2 Å². The summed E-state index contributed by atoms with van der Waals surface area (Å²) in [6, 6.07) is 9.91. The molecule has 1 aliphatic heterocycles. The van der Waals surface area contributed by atoms with Gasteiger partial charge in [-0.25, -0.2) is 12.8 Å². The molecule has 0 radical (unpaired) electrons. The number of aromatic nitrogens is 2. The van der Waals surface area contributed by atoms with Crippen molar-refractivity contribution in [2.45, 2.75) is 19.8 Å². The van der Waals surface area contributed by atoms with E-state index < -0.39 is 10.0 Å². The quantitative estimate of drug-likeness (QED) is 0.779. The topological polar surface area (TPSA) is 78.4 Å². The zero-order valence-electron chi connectivity index (χ0n) is 15.3. The van der Waals surface area contributed by atoms with E-state index in [4.69, 9.17) is 0 Å². The summed E-state index contributed by atoms with van der Waals surface area (Å²) >= 11 is 0. The second kappa shape index (κ2) is 8.51. The Morgan fingerprint density at radius 2 is 1.67 bits per heavy atom. The lowest BCUT2D eigenvalue weighted by molar-refractivity contribution is 0.597. The van der Waals surface area contributed by atoms with Gasteiger partial charge in [-0.05, 0) is 42.8 Å². The number of unbranched alkanes of at least 4 members (excludes halogenated alkanes) is 1. The molecule has 0 atom stereocenters. The predicted molar refractivity (Wildman–Crippen MR) is 105 cm³/mol. The van der Waals surface area contributed by atoms with Crippen LogP contribution in [-0.2, 0) is 10.0 Å². The second-order valence-electron chi connectivity index (χ2n) is 6.50. The normalized spacial score (nSPS) is 15.0. The van der Waals surface area contributed by atoms with Gasteiger partial charge in [-0.1, -0.05) is 13.3 Å². The molecular weight excluding hydrogens is 369 g/mol. The van der Waals surface area contributed by atoms with Gasteiger partial charge in [0.1, 0.15) is 5.82 Å². The molecule has 2 heterocycles. The Morgan fingerprint density at radius 1 is 1.00 bits per heavy atom. The lowest BCUT2D eigenvalue weighted by atomic mass is 10.2. The third kappa shape index (κ3) is 5.29. The van der Waals surface area contributed by atoms with Gasteiger partial charge < -0.3 is 9.80 Å². The summed E-state index contributed by atoms with van der Waals surface area (Å²) < 4.78 is 39.3. The first kappa shape index (κ1) is 19.3. The molecule has 1 saturated heterocycles. The standard InChI is InChI=1S/C18H24FN5O2S/c1-2-3-14-27(25,26)22-17-8-9-18(21-20-17)24-12-10-23(11-13-24)16-6-4-15(19)5-7-16/h4-9H,2-3,10-14H2,1H3,(H,20,22). The minimum Gasteiger partial charge on any atom is -0.368 e. The van der Waals surface area contributed by atoms with Crippen molar-refractivity contribution in [2.24, 2.45) is 0 Å². The first-order valence-corrected chi connectivity index (χ1v) is 10.7. The summed E-state index contributed by atoms with van der Waals surface area (Å²) in [6.45, 7) is 5.04. The number of halogens is 1. The van der Waals surface area contributed by atoms with Gasteiger partial charge in [-0.3, -0.25) is 4.72 Å². The highest BCUT2D eigenvalue weighted by molar-refractivity contribution is 7.92. The molecule has 1 aromatic heterocycles. The maximum atomic E-state index is 13.0. The number of hydrogen-bond donors (Lipinski definition) is 1. The second-order valence-corrected chi connectivity index (χ2v) is 8.34. The Kier molecular flexibility index (Phi) is 6.10. The minimum atomic E-state index is -3.37. The summed E-state index contributed by atoms with van der Waals surface area (Å²) in [5.41, 5.74) is 0.999. The van der Waals surface area contributed by atoms with Crippen LogP contribution in [0.4, 0.5) is 21.7 Å². The predicted octanol–water partition coefficient (Wildman–Crippen LogP) is 2.48. The van der Waals surface area contributed by atoms with Gasteiger partial charge >= 0.3 is 0 Å². The Morgan fingerprint density at radius 3 is 2.26 bits per heavy atom. The molecule has 146 valence electrons. The number of sulfonamides is 1. The van der Waals surface area contributed by atoms with E-state index in [1.165, 1.54) is 12.1 Å². The van der Waals surface area contributed by atoms with Crippen molar-refractivity contribution in [3.63, 3.8) is 0 Å². The largest absolute Gasteiger partial charge is 0.368 e. The summed E-state index contributed by atoms with van der Waals surface area (Å²) in [5, 5.41) is 8.15. The van der Waals surface area contributed by atoms with E-state index in [9.17, 15) is 12.8 Å². The van der Waals surface area contributed by atoms with Crippen LogP contribution < -0.4 is 14.5 Å². The fraction of sp³-hybridized carbons (Fsp3) is 0.444. The van der Waals surface area contributed by atoms with E-state index in [0.717, 1.165) is 38.3 Å². The van der Waals surface area contributed by atoms with Gasteiger partial charge in [0.05, 0.1) is 5.75 Å². The molecule has 7 nitrogen and oxygen atoms in total. The van der Waals surface area contributed by atoms with Crippen LogP contribution in [0.5, 0.6) is 0 Å². The van der Waals surface area contributed by atoms with Crippen molar-refractivity contribution in [3.8, 4) is 0 Å². The van der Waals surface area contributed by atoms with Crippen LogP contribution in [-0.4, -0.2) is 50.5 Å². The lowest BCUT2D eigenvalue weighted by Gasteiger charge is -2.36. The molecular formula is C18H24FN5O2S. The first-order valence-electron chi connectivity index (χ1n) is 9.06. The Hall–Kier alpha value is -2.42. The van der Waals surface area contributed by atoms with Crippen LogP contribution in [0.25, 0.3) is 0 Å². The van der Waals surface area contributed by atoms with Gasteiger partial charge in [-0.15, -0.1) is 10.2 Å². The molecule has 27 heavy (non-hydrogen) atoms. The number of hydrogen-bond acceptors (Lipinski definition) is 6. The van der Waals surface area contributed by atoms with Crippen molar-refractivity contribution in [1.29, 1.82) is 0 Å². The number of benzene rings is 1. The molecule has 0 saturated carbocycles. The molecule has 1 N–H and O–H groups in total. The molecule has 2 aromatic rings. The van der Waals surface area contributed by atoms with E-state index >= 15 is 0 Å². The maximum absolute atomic E-state index is 13.0. The van der Waals surface area contributed by atoms with Gasteiger partial charge in [0.15, 0.2) is 11.6 Å². The Balaban J connectivity index is 1.56. The van der Waals surface area contributed by atoms with Gasteiger partial charge in [0, 0.05) is 31.9 Å². The maximum Gasteiger partial charge on any atom is 0.233 e. The van der Waals surface area contributed by atoms with E-state index in [0.29, 0.717) is 12.2 Å². The van der Waals surface area contributed by atoms with Crippen LogP contribution in [0, 0.1) is 5.82 Å². The molecule has 0 unspecified atom stereocenters. The highest BCUT2D eigenvalue weighted by Crippen LogP contribution is 2.20. The van der Waals surface area contributed by atoms with Crippen molar-refractivity contribution >= 4 is 27.3 Å². The zero-order chi connectivity index (χ0) is 19.3. The van der Waals surface area contributed by atoms with Gasteiger partial charge in [-0.2, -0.15) is 0 Å². The minimum absolute atomic E-state index is 0.0816. The molecule has 0 aliphatic carbocycles. The summed E-state index contributed by atoms with van der Waals surface area (Å²) in [6.07, 6.45) is 1.43. The molecule has 1 aromatic carbocycles. The highest BCUT2D eigenvalue weighted by atomic mass is 32.2. The van der Waals surface area contributed by atoms with Crippen LogP contribution >= 0.6 is 0 Å². The average molecular weight is 393 g/mol. The molecule has 3 rings (SSSR count). The van der Waals surface area contributed by atoms with Crippen molar-refractivity contribution in [1.82, 2.24) is 10.2 Å². The monoisotopic (exact) mass is 393 g/mol. The fourth-order valence-electron chi connectivity index (χ4n) is 2.94. The number of rotatable bonds is 7.